The Balaban J connectivity index is 0.00000200. The van der Waals surface area contributed by atoms with Crippen molar-refractivity contribution in [2.45, 2.75) is 51.5 Å². The molecule has 3 nitrogen and oxygen atoms in total. The summed E-state index contributed by atoms with van der Waals surface area (Å²) in [4.78, 5) is 6.10. The summed E-state index contributed by atoms with van der Waals surface area (Å²) in [6.45, 7) is 3.91. The van der Waals surface area contributed by atoms with Crippen molar-refractivity contribution in [1.82, 2.24) is 10.6 Å². The molecule has 2 N–H and O–H groups in total. The smallest absolute Gasteiger partial charge is 0.191 e. The predicted octanol–water partition coefficient (Wildman–Crippen LogP) is 3.80. The zero-order valence-corrected chi connectivity index (χ0v) is 15.4. The van der Waals surface area contributed by atoms with E-state index in [0.29, 0.717) is 6.04 Å². The average Bonchev–Trinajstić information content (AvgIpc) is 2.93. The molecule has 2 rings (SSSR count). The Morgan fingerprint density at radius 2 is 2.15 bits per heavy atom. The van der Waals surface area contributed by atoms with Crippen LogP contribution in [0.5, 0.6) is 0 Å². The lowest BCUT2D eigenvalue weighted by Crippen LogP contribution is -2.44. The summed E-state index contributed by atoms with van der Waals surface area (Å²) < 4.78 is 0. The van der Waals surface area contributed by atoms with Gasteiger partial charge in [-0.15, -0.1) is 35.3 Å². The zero-order valence-electron chi connectivity index (χ0n) is 12.2. The molecule has 0 amide bonds. The van der Waals surface area contributed by atoms with E-state index in [2.05, 4.69) is 40.1 Å². The molecule has 1 aromatic heterocycles. The lowest BCUT2D eigenvalue weighted by molar-refractivity contribution is 0.410. The SMILES string of the molecule is CCNC(=NCCc1cccs1)NC1CCCCC1.I. The number of hydrogen-bond donors (Lipinski definition) is 2. The standard InChI is InChI=1S/C15H25N3S.HI/c1-2-16-15(18-13-7-4-3-5-8-13)17-11-10-14-9-6-12-19-14;/h6,9,12-13H,2-5,7-8,10-11H2,1H3,(H2,16,17,18);1H. The van der Waals surface area contributed by atoms with Gasteiger partial charge in [0.1, 0.15) is 0 Å². The highest BCUT2D eigenvalue weighted by molar-refractivity contribution is 14.0. The van der Waals surface area contributed by atoms with Crippen LogP contribution in [0.3, 0.4) is 0 Å². The summed E-state index contributed by atoms with van der Waals surface area (Å²) in [6.07, 6.45) is 7.71. The maximum absolute atomic E-state index is 4.68. The van der Waals surface area contributed by atoms with Gasteiger partial charge in [0.25, 0.3) is 0 Å². The quantitative estimate of drug-likeness (QED) is 0.443. The molecule has 0 atom stereocenters. The number of halogens is 1. The van der Waals surface area contributed by atoms with Crippen molar-refractivity contribution in [1.29, 1.82) is 0 Å². The summed E-state index contributed by atoms with van der Waals surface area (Å²) in [5.41, 5.74) is 0. The third-order valence-electron chi connectivity index (χ3n) is 3.50. The summed E-state index contributed by atoms with van der Waals surface area (Å²) >= 11 is 1.81. The van der Waals surface area contributed by atoms with Gasteiger partial charge in [-0.25, -0.2) is 0 Å². The van der Waals surface area contributed by atoms with Crippen molar-refractivity contribution in [2.24, 2.45) is 4.99 Å². The van der Waals surface area contributed by atoms with Crippen molar-refractivity contribution in [2.75, 3.05) is 13.1 Å². The topological polar surface area (TPSA) is 36.4 Å². The third kappa shape index (κ3) is 6.43. The van der Waals surface area contributed by atoms with Gasteiger partial charge in [0.05, 0.1) is 0 Å². The molecule has 1 fully saturated rings. The van der Waals surface area contributed by atoms with Crippen LogP contribution in [0, 0.1) is 0 Å². The van der Waals surface area contributed by atoms with Gasteiger partial charge in [-0.2, -0.15) is 0 Å². The van der Waals surface area contributed by atoms with E-state index in [1.54, 1.807) is 0 Å². The van der Waals surface area contributed by atoms with Gasteiger partial charge < -0.3 is 10.6 Å². The summed E-state index contributed by atoms with van der Waals surface area (Å²) in [7, 11) is 0. The van der Waals surface area contributed by atoms with Crippen molar-refractivity contribution in [3.63, 3.8) is 0 Å². The van der Waals surface area contributed by atoms with E-state index in [9.17, 15) is 0 Å². The Morgan fingerprint density at radius 1 is 1.35 bits per heavy atom. The van der Waals surface area contributed by atoms with E-state index in [-0.39, 0.29) is 24.0 Å². The second kappa shape index (κ2) is 10.4. The minimum atomic E-state index is 0. The Labute approximate surface area is 143 Å². The molecule has 1 heterocycles. The highest BCUT2D eigenvalue weighted by atomic mass is 127. The van der Waals surface area contributed by atoms with Crippen molar-refractivity contribution < 1.29 is 0 Å². The van der Waals surface area contributed by atoms with E-state index in [4.69, 9.17) is 0 Å². The monoisotopic (exact) mass is 407 g/mol. The van der Waals surface area contributed by atoms with Crippen LogP contribution >= 0.6 is 35.3 Å². The highest BCUT2D eigenvalue weighted by Crippen LogP contribution is 2.17. The molecule has 5 heteroatoms. The van der Waals surface area contributed by atoms with Gasteiger partial charge in [0.2, 0.25) is 0 Å². The molecular weight excluding hydrogens is 381 g/mol. The Morgan fingerprint density at radius 3 is 2.80 bits per heavy atom. The highest BCUT2D eigenvalue weighted by Gasteiger charge is 2.14. The molecule has 0 radical (unpaired) electrons. The largest absolute Gasteiger partial charge is 0.357 e. The number of hydrogen-bond acceptors (Lipinski definition) is 2. The minimum absolute atomic E-state index is 0. The fourth-order valence-electron chi connectivity index (χ4n) is 2.49. The number of nitrogens with zero attached hydrogens (tertiary/aromatic N) is 1. The first kappa shape index (κ1) is 17.8. The van der Waals surface area contributed by atoms with Gasteiger partial charge in [-0.1, -0.05) is 25.3 Å². The molecule has 0 saturated heterocycles. The fourth-order valence-corrected chi connectivity index (χ4v) is 3.19. The lowest BCUT2D eigenvalue weighted by atomic mass is 9.96. The lowest BCUT2D eigenvalue weighted by Gasteiger charge is -2.24. The van der Waals surface area contributed by atoms with Gasteiger partial charge >= 0.3 is 0 Å². The van der Waals surface area contributed by atoms with E-state index >= 15 is 0 Å². The van der Waals surface area contributed by atoms with Crippen LogP contribution in [-0.2, 0) is 6.42 Å². The second-order valence-electron chi connectivity index (χ2n) is 5.07. The van der Waals surface area contributed by atoms with Gasteiger partial charge in [-0.05, 0) is 31.2 Å². The molecule has 0 aliphatic heterocycles. The van der Waals surface area contributed by atoms with Crippen LogP contribution < -0.4 is 10.6 Å². The first-order chi connectivity index (χ1) is 9.38. The number of aliphatic imine (C=N–C) groups is 1. The fraction of sp³-hybridized carbons (Fsp3) is 0.667. The van der Waals surface area contributed by atoms with Crippen LogP contribution in [0.1, 0.15) is 43.9 Å². The van der Waals surface area contributed by atoms with Crippen LogP contribution in [0.15, 0.2) is 22.5 Å². The van der Waals surface area contributed by atoms with E-state index < -0.39 is 0 Å². The Hall–Kier alpha value is -0.300. The molecule has 1 aliphatic rings. The maximum atomic E-state index is 4.68. The van der Waals surface area contributed by atoms with Crippen LogP contribution in [0.25, 0.3) is 0 Å². The van der Waals surface area contributed by atoms with E-state index in [1.165, 1.54) is 37.0 Å². The molecule has 114 valence electrons. The molecule has 0 unspecified atom stereocenters. The predicted molar refractivity (Wildman–Crippen MR) is 99.4 cm³/mol. The third-order valence-corrected chi connectivity index (χ3v) is 4.43. The molecule has 1 aliphatic carbocycles. The van der Waals surface area contributed by atoms with Gasteiger partial charge in [0, 0.05) is 30.4 Å². The molecule has 0 spiro atoms. The first-order valence-corrected chi connectivity index (χ1v) is 8.33. The van der Waals surface area contributed by atoms with Crippen LogP contribution in [0.2, 0.25) is 0 Å². The normalized spacial score (nSPS) is 16.6. The Bertz CT molecular complexity index is 372. The summed E-state index contributed by atoms with van der Waals surface area (Å²) in [5, 5.41) is 9.06. The van der Waals surface area contributed by atoms with Crippen LogP contribution in [-0.4, -0.2) is 25.1 Å². The van der Waals surface area contributed by atoms with E-state index in [1.807, 2.05) is 11.3 Å². The second-order valence-corrected chi connectivity index (χ2v) is 6.10. The van der Waals surface area contributed by atoms with Crippen molar-refractivity contribution in [3.05, 3.63) is 22.4 Å². The molecule has 20 heavy (non-hydrogen) atoms. The number of thiophene rings is 1. The zero-order chi connectivity index (χ0) is 13.3. The van der Waals surface area contributed by atoms with Crippen molar-refractivity contribution in [3.8, 4) is 0 Å². The summed E-state index contributed by atoms with van der Waals surface area (Å²) in [5.74, 6) is 0.992. The van der Waals surface area contributed by atoms with E-state index in [0.717, 1.165) is 25.5 Å². The first-order valence-electron chi connectivity index (χ1n) is 7.45. The summed E-state index contributed by atoms with van der Waals surface area (Å²) in [6, 6.07) is 4.91. The molecule has 1 saturated carbocycles. The van der Waals surface area contributed by atoms with Gasteiger partial charge in [0.15, 0.2) is 5.96 Å². The number of rotatable bonds is 5. The number of nitrogens with one attached hydrogen (secondary N) is 2. The molecule has 1 aromatic rings. The molecule has 0 bridgehead atoms. The number of guanidine groups is 1. The molecule has 0 aromatic carbocycles. The van der Waals surface area contributed by atoms with Crippen LogP contribution in [0.4, 0.5) is 0 Å². The molecular formula is C15H26IN3S. The minimum Gasteiger partial charge on any atom is -0.357 e. The average molecular weight is 407 g/mol. The maximum Gasteiger partial charge on any atom is 0.191 e. The Kier molecular flexibility index (Phi) is 9.26. The van der Waals surface area contributed by atoms with Gasteiger partial charge in [-0.3, -0.25) is 4.99 Å². The van der Waals surface area contributed by atoms with Crippen molar-refractivity contribution >= 4 is 41.3 Å².